The van der Waals surface area contributed by atoms with Crippen molar-refractivity contribution in [1.29, 1.82) is 0 Å². The van der Waals surface area contributed by atoms with Gasteiger partial charge in [0.1, 0.15) is 0 Å². The summed E-state index contributed by atoms with van der Waals surface area (Å²) in [6.07, 6.45) is 3.84. The predicted octanol–water partition coefficient (Wildman–Crippen LogP) is 4.95. The Morgan fingerprint density at radius 1 is 0.368 bits per heavy atom. The molecule has 0 aromatic heterocycles. The van der Waals surface area contributed by atoms with Crippen LogP contribution in [0.3, 0.4) is 0 Å². The van der Waals surface area contributed by atoms with Crippen LogP contribution in [-0.4, -0.2) is 12.3 Å². The van der Waals surface area contributed by atoms with Gasteiger partial charge >= 0.3 is 45.2 Å². The molecule has 38 heavy (non-hydrogen) atoms. The van der Waals surface area contributed by atoms with Gasteiger partial charge in [-0.05, 0) is 48.5 Å². The maximum Gasteiger partial charge on any atom is 0.0966 e. The number of benzene rings is 4. The minimum atomic E-state index is -0.742. The first-order valence-corrected chi connectivity index (χ1v) is 14.6. The van der Waals surface area contributed by atoms with Crippen molar-refractivity contribution < 1.29 is 36.0 Å². The van der Waals surface area contributed by atoms with E-state index in [-0.39, 0.29) is 17.4 Å². The summed E-state index contributed by atoms with van der Waals surface area (Å²) in [4.78, 5) is 0. The number of hydrogen-bond donors (Lipinski definition) is 0. The molecule has 4 rings (SSSR count). The van der Waals surface area contributed by atoms with Crippen LogP contribution in [0.15, 0.2) is 121 Å². The van der Waals surface area contributed by atoms with Gasteiger partial charge in [0.15, 0.2) is 0 Å². The third kappa shape index (κ3) is 13.2. The van der Waals surface area contributed by atoms with Gasteiger partial charge in [0.25, 0.3) is 0 Å². The van der Waals surface area contributed by atoms with Crippen molar-refractivity contribution in [2.24, 2.45) is 0 Å². The summed E-state index contributed by atoms with van der Waals surface area (Å²) >= 11 is 0. The third-order valence-electron chi connectivity index (χ3n) is 5.34. The molecule has 0 aliphatic rings. The van der Waals surface area contributed by atoms with E-state index in [9.17, 15) is 0 Å². The fourth-order valence-electron chi connectivity index (χ4n) is 3.91. The predicted molar refractivity (Wildman–Crippen MR) is 151 cm³/mol. The quantitative estimate of drug-likeness (QED) is 0.161. The van der Waals surface area contributed by atoms with Gasteiger partial charge in [-0.25, -0.2) is 0 Å². The zero-order chi connectivity index (χ0) is 27.7. The van der Waals surface area contributed by atoms with Gasteiger partial charge in [-0.2, -0.15) is 0 Å². The summed E-state index contributed by atoms with van der Waals surface area (Å²) < 4.78 is 30.0. The Morgan fingerprint density at radius 3 is 0.737 bits per heavy atom. The smallest absolute Gasteiger partial charge is 0.0620 e. The summed E-state index contributed by atoms with van der Waals surface area (Å²) in [6.45, 7) is 18.0. The minimum absolute atomic E-state index is 0. The van der Waals surface area contributed by atoms with Crippen LogP contribution in [0.5, 0.6) is 0 Å². The standard InChI is InChI=1S/C27H26P2.4CO.Cr/c1-5-14-24(15-6-1)28(25-16-7-2-8-17-25)22-13-23-29(26-18-9-3-10-19-26)27-20-11-4-12-21-27;4*1-2;/h1-12,14-21H,13,22-23H2;;;;;/p+2. The summed E-state index contributed by atoms with van der Waals surface area (Å²) in [5.74, 6) is 0. The third-order valence-corrected chi connectivity index (χ3v) is 11.2. The van der Waals surface area contributed by atoms with Crippen molar-refractivity contribution in [3.8, 4) is 0 Å². The average Bonchev–Trinajstić information content (AvgIpc) is 3.03. The molecule has 0 bridgehead atoms. The van der Waals surface area contributed by atoms with Crippen LogP contribution in [-0.2, 0) is 36.0 Å². The molecule has 7 heteroatoms. The van der Waals surface area contributed by atoms with Crippen LogP contribution in [0, 0.1) is 26.6 Å². The molecule has 0 aliphatic carbocycles. The molecule has 190 valence electrons. The van der Waals surface area contributed by atoms with Crippen LogP contribution >= 0.6 is 15.8 Å². The Hall–Kier alpha value is -2.77. The van der Waals surface area contributed by atoms with Crippen LogP contribution in [0.2, 0.25) is 0 Å². The first kappa shape index (κ1) is 37.4. The van der Waals surface area contributed by atoms with Gasteiger partial charge in [-0.3, -0.25) is 0 Å². The summed E-state index contributed by atoms with van der Waals surface area (Å²) in [5, 5.41) is 6.10. The van der Waals surface area contributed by atoms with E-state index in [1.807, 2.05) is 0 Å². The van der Waals surface area contributed by atoms with E-state index in [1.165, 1.54) is 40.0 Å². The summed E-state index contributed by atoms with van der Waals surface area (Å²) in [7, 11) is -1.48. The zero-order valence-corrected chi connectivity index (χ0v) is 24.0. The SMILES string of the molecule is [C-]#[O+].[C-]#[O+].[C-]#[O+].[C-]#[O+].[Cr].c1ccc([PH+](CCC[PH+](c2ccccc2)c2ccccc2)c2ccccc2)cc1. The topological polar surface area (TPSA) is 79.6 Å². The fraction of sp³-hybridized carbons (Fsp3) is 0.0968. The first-order valence-electron chi connectivity index (χ1n) is 11.2. The van der Waals surface area contributed by atoms with Crippen molar-refractivity contribution >= 4 is 37.1 Å². The normalized spacial score (nSPS) is 8.68. The molecule has 0 spiro atoms. The van der Waals surface area contributed by atoms with Crippen LogP contribution < -0.4 is 21.2 Å². The maximum atomic E-state index is 7.50. The molecular formula is C31H28CrO4P2+2. The van der Waals surface area contributed by atoms with E-state index in [1.54, 1.807) is 0 Å². The van der Waals surface area contributed by atoms with Gasteiger partial charge in [-0.1, -0.05) is 72.8 Å². The van der Waals surface area contributed by atoms with Crippen molar-refractivity contribution in [1.82, 2.24) is 0 Å². The molecule has 0 N–H and O–H groups in total. The molecule has 4 aromatic rings. The maximum absolute atomic E-state index is 7.50. The Balaban J connectivity index is 0. The Morgan fingerprint density at radius 2 is 0.553 bits per heavy atom. The second-order valence-corrected chi connectivity index (χ2v) is 12.5. The second kappa shape index (κ2) is 25.9. The second-order valence-electron chi connectivity index (χ2n) is 7.27. The van der Waals surface area contributed by atoms with Crippen molar-refractivity contribution in [3.05, 3.63) is 148 Å². The summed E-state index contributed by atoms with van der Waals surface area (Å²) in [5.41, 5.74) is 0. The van der Waals surface area contributed by atoms with Crippen LogP contribution in [0.1, 0.15) is 6.42 Å². The van der Waals surface area contributed by atoms with E-state index in [2.05, 4.69) is 148 Å². The van der Waals surface area contributed by atoms with Gasteiger partial charge in [0, 0.05) is 23.8 Å². The van der Waals surface area contributed by atoms with E-state index < -0.39 is 15.8 Å². The van der Waals surface area contributed by atoms with E-state index >= 15 is 0 Å². The van der Waals surface area contributed by atoms with E-state index in [0.29, 0.717) is 0 Å². The van der Waals surface area contributed by atoms with Gasteiger partial charge in [-0.15, -0.1) is 0 Å². The Kier molecular flexibility index (Phi) is 25.4. The van der Waals surface area contributed by atoms with Crippen molar-refractivity contribution in [2.75, 3.05) is 12.3 Å². The van der Waals surface area contributed by atoms with Crippen molar-refractivity contribution in [2.45, 2.75) is 6.42 Å². The Bertz CT molecular complexity index is 981. The van der Waals surface area contributed by atoms with E-state index in [4.69, 9.17) is 18.6 Å². The first-order chi connectivity index (χ1) is 18.4. The van der Waals surface area contributed by atoms with Gasteiger partial charge in [0.05, 0.1) is 49.4 Å². The molecule has 0 aliphatic heterocycles. The molecule has 0 amide bonds. The monoisotopic (exact) mass is 578 g/mol. The van der Waals surface area contributed by atoms with E-state index in [0.717, 1.165) is 0 Å². The zero-order valence-electron chi connectivity index (χ0n) is 20.7. The fourth-order valence-corrected chi connectivity index (χ4v) is 9.52. The average molecular weight is 579 g/mol. The minimum Gasteiger partial charge on any atom is -0.0620 e. The molecule has 0 radical (unpaired) electrons. The largest absolute Gasteiger partial charge is 0.0966 e. The molecule has 0 saturated carbocycles. The molecule has 4 aromatic carbocycles. The molecule has 0 heterocycles. The van der Waals surface area contributed by atoms with Crippen LogP contribution in [0.4, 0.5) is 0 Å². The van der Waals surface area contributed by atoms with Crippen LogP contribution in [0.25, 0.3) is 0 Å². The van der Waals surface area contributed by atoms with Gasteiger partial charge < -0.3 is 0 Å². The van der Waals surface area contributed by atoms with Gasteiger partial charge in [0.2, 0.25) is 0 Å². The molecule has 4 nitrogen and oxygen atoms in total. The molecule has 0 unspecified atom stereocenters. The molecule has 0 fully saturated rings. The van der Waals surface area contributed by atoms with Crippen molar-refractivity contribution in [3.63, 3.8) is 0 Å². The molecular weight excluding hydrogens is 550 g/mol. The Labute approximate surface area is 239 Å². The molecule has 0 atom stereocenters. The number of hydrogen-bond acceptors (Lipinski definition) is 0. The molecule has 0 saturated heterocycles. The number of rotatable bonds is 8. The summed E-state index contributed by atoms with van der Waals surface area (Å²) in [6, 6.07) is 44.6.